The molecule has 0 amide bonds. The largest absolute Gasteiger partial charge is 0.451 e. The molecule has 1 heterocycles. The van der Waals surface area contributed by atoms with E-state index < -0.39 is 12.0 Å². The second-order valence-corrected chi connectivity index (χ2v) is 4.50. The first-order valence-electron chi connectivity index (χ1n) is 4.22. The second kappa shape index (κ2) is 3.63. The summed E-state index contributed by atoms with van der Waals surface area (Å²) in [5, 5.41) is -0.148. The van der Waals surface area contributed by atoms with Gasteiger partial charge in [0.2, 0.25) is 5.82 Å². The maximum atomic E-state index is 12.2. The summed E-state index contributed by atoms with van der Waals surface area (Å²) in [5.74, 6) is -1.21. The number of nitrogens with zero attached hydrogens (tertiary/aromatic N) is 2. The minimum absolute atomic E-state index is 0.148. The van der Waals surface area contributed by atoms with Crippen LogP contribution in [0.15, 0.2) is 6.20 Å². The van der Waals surface area contributed by atoms with Gasteiger partial charge < -0.3 is 0 Å². The molecule has 84 valence electrons. The Hall–Kier alpha value is -0.840. The zero-order valence-electron chi connectivity index (χ0n) is 8.48. The van der Waals surface area contributed by atoms with Gasteiger partial charge in [0.15, 0.2) is 0 Å². The van der Waals surface area contributed by atoms with Crippen molar-refractivity contribution in [2.45, 2.75) is 32.4 Å². The Morgan fingerprint density at radius 2 is 1.73 bits per heavy atom. The van der Waals surface area contributed by atoms with E-state index in [9.17, 15) is 13.2 Å². The summed E-state index contributed by atoms with van der Waals surface area (Å²) in [6.07, 6.45) is -3.43. The normalized spacial score (nSPS) is 13.0. The van der Waals surface area contributed by atoms with E-state index in [1.54, 1.807) is 0 Å². The molecule has 0 unspecified atom stereocenters. The molecule has 1 aromatic rings. The molecule has 0 aromatic carbocycles. The minimum Gasteiger partial charge on any atom is -0.233 e. The number of aromatic nitrogens is 2. The van der Waals surface area contributed by atoms with Crippen LogP contribution in [0, 0.1) is 0 Å². The van der Waals surface area contributed by atoms with Gasteiger partial charge >= 0.3 is 6.18 Å². The summed E-state index contributed by atoms with van der Waals surface area (Å²) in [7, 11) is 0. The molecule has 6 heteroatoms. The highest BCUT2D eigenvalue weighted by Gasteiger charge is 2.35. The monoisotopic (exact) mass is 238 g/mol. The highest BCUT2D eigenvalue weighted by Crippen LogP contribution is 2.31. The van der Waals surface area contributed by atoms with Crippen molar-refractivity contribution in [3.05, 3.63) is 22.7 Å². The molecule has 0 aliphatic heterocycles. The van der Waals surface area contributed by atoms with Gasteiger partial charge in [-0.3, -0.25) is 0 Å². The lowest BCUT2D eigenvalue weighted by Gasteiger charge is -2.19. The number of hydrogen-bond donors (Lipinski definition) is 0. The predicted octanol–water partition coefficient (Wildman–Crippen LogP) is 3.45. The fourth-order valence-corrected chi connectivity index (χ4v) is 1.41. The fraction of sp³-hybridized carbons (Fsp3) is 0.556. The van der Waals surface area contributed by atoms with E-state index in [2.05, 4.69) is 9.97 Å². The van der Waals surface area contributed by atoms with Gasteiger partial charge in [0.1, 0.15) is 5.15 Å². The number of halogens is 4. The van der Waals surface area contributed by atoms with Crippen molar-refractivity contribution in [1.82, 2.24) is 9.97 Å². The number of rotatable bonds is 0. The molecule has 0 saturated carbocycles. The summed E-state index contributed by atoms with van der Waals surface area (Å²) < 4.78 is 36.6. The lowest BCUT2D eigenvalue weighted by atomic mass is 9.89. The van der Waals surface area contributed by atoms with Crippen molar-refractivity contribution in [3.8, 4) is 0 Å². The Labute approximate surface area is 90.5 Å². The summed E-state index contributed by atoms with van der Waals surface area (Å²) in [4.78, 5) is 6.50. The maximum absolute atomic E-state index is 12.2. The van der Waals surface area contributed by atoms with Crippen molar-refractivity contribution in [2.24, 2.45) is 0 Å². The summed E-state index contributed by atoms with van der Waals surface area (Å²) in [5.41, 5.74) is 0.124. The smallest absolute Gasteiger partial charge is 0.233 e. The van der Waals surface area contributed by atoms with Gasteiger partial charge in [-0.25, -0.2) is 9.97 Å². The Bertz CT molecular complexity index is 369. The highest BCUT2D eigenvalue weighted by molar-refractivity contribution is 6.30. The SMILES string of the molecule is CC(C)(C)c1cnc(C(F)(F)F)nc1Cl. The van der Waals surface area contributed by atoms with Gasteiger partial charge in [-0.15, -0.1) is 0 Å². The third-order valence-electron chi connectivity index (χ3n) is 1.80. The molecular weight excluding hydrogens is 229 g/mol. The fourth-order valence-electron chi connectivity index (χ4n) is 1.00. The molecule has 0 spiro atoms. The van der Waals surface area contributed by atoms with Crippen LogP contribution >= 0.6 is 11.6 Å². The lowest BCUT2D eigenvalue weighted by molar-refractivity contribution is -0.145. The average molecular weight is 239 g/mol. The zero-order chi connectivity index (χ0) is 11.9. The highest BCUT2D eigenvalue weighted by atomic mass is 35.5. The zero-order valence-corrected chi connectivity index (χ0v) is 9.24. The van der Waals surface area contributed by atoms with Crippen LogP contribution in [0.1, 0.15) is 32.2 Å². The molecule has 2 nitrogen and oxygen atoms in total. The number of alkyl halides is 3. The summed E-state index contributed by atoms with van der Waals surface area (Å²) >= 11 is 5.67. The molecule has 0 atom stereocenters. The standard InChI is InChI=1S/C9H10ClF3N2/c1-8(2,3)5-4-14-7(9(11,12)13)15-6(5)10/h4H,1-3H3. The van der Waals surface area contributed by atoms with E-state index in [1.165, 1.54) is 0 Å². The van der Waals surface area contributed by atoms with Crippen molar-refractivity contribution in [1.29, 1.82) is 0 Å². The van der Waals surface area contributed by atoms with Crippen molar-refractivity contribution in [2.75, 3.05) is 0 Å². The molecular formula is C9H10ClF3N2. The van der Waals surface area contributed by atoms with Crippen molar-refractivity contribution in [3.63, 3.8) is 0 Å². The second-order valence-electron chi connectivity index (χ2n) is 4.15. The molecule has 1 rings (SSSR count). The van der Waals surface area contributed by atoms with Crippen LogP contribution in [-0.4, -0.2) is 9.97 Å². The third kappa shape index (κ3) is 2.81. The van der Waals surface area contributed by atoms with Gasteiger partial charge in [0, 0.05) is 11.8 Å². The van der Waals surface area contributed by atoms with Crippen molar-refractivity contribution >= 4 is 11.6 Å². The Kier molecular flexibility index (Phi) is 2.96. The van der Waals surface area contributed by atoms with Crippen molar-refractivity contribution < 1.29 is 13.2 Å². The molecule has 0 fully saturated rings. The third-order valence-corrected chi connectivity index (χ3v) is 2.09. The Morgan fingerprint density at radius 1 is 1.20 bits per heavy atom. The van der Waals surface area contributed by atoms with Gasteiger partial charge in [0.25, 0.3) is 0 Å². The first kappa shape index (κ1) is 12.2. The van der Waals surface area contributed by atoms with E-state index >= 15 is 0 Å². The molecule has 0 bridgehead atoms. The van der Waals surface area contributed by atoms with Gasteiger partial charge in [-0.1, -0.05) is 32.4 Å². The van der Waals surface area contributed by atoms with E-state index in [1.807, 2.05) is 20.8 Å². The average Bonchev–Trinajstić information content (AvgIpc) is 1.99. The molecule has 0 aliphatic rings. The van der Waals surface area contributed by atoms with Crippen LogP contribution in [0.4, 0.5) is 13.2 Å². The Balaban J connectivity index is 3.21. The van der Waals surface area contributed by atoms with E-state index in [-0.39, 0.29) is 10.6 Å². The maximum Gasteiger partial charge on any atom is 0.451 e. The van der Waals surface area contributed by atoms with E-state index in [0.717, 1.165) is 6.20 Å². The van der Waals surface area contributed by atoms with Gasteiger partial charge in [-0.2, -0.15) is 13.2 Å². The van der Waals surface area contributed by atoms with Crippen LogP contribution in [0.5, 0.6) is 0 Å². The van der Waals surface area contributed by atoms with Gasteiger partial charge in [0.05, 0.1) is 0 Å². The molecule has 0 N–H and O–H groups in total. The summed E-state index contributed by atoms with van der Waals surface area (Å²) in [6, 6.07) is 0. The summed E-state index contributed by atoms with van der Waals surface area (Å²) in [6.45, 7) is 5.47. The molecule has 0 aliphatic carbocycles. The quantitative estimate of drug-likeness (QED) is 0.647. The predicted molar refractivity (Wildman–Crippen MR) is 50.7 cm³/mol. The van der Waals surface area contributed by atoms with Gasteiger partial charge in [-0.05, 0) is 5.41 Å². The van der Waals surface area contributed by atoms with Crippen LogP contribution in [0.3, 0.4) is 0 Å². The minimum atomic E-state index is -4.56. The molecule has 15 heavy (non-hydrogen) atoms. The molecule has 0 saturated heterocycles. The number of hydrogen-bond acceptors (Lipinski definition) is 2. The molecule has 0 radical (unpaired) electrons. The van der Waals surface area contributed by atoms with Crippen LogP contribution in [-0.2, 0) is 11.6 Å². The lowest BCUT2D eigenvalue weighted by Crippen LogP contribution is -2.17. The first-order valence-corrected chi connectivity index (χ1v) is 4.60. The molecule has 1 aromatic heterocycles. The van der Waals surface area contributed by atoms with Crippen LogP contribution in [0.25, 0.3) is 0 Å². The Morgan fingerprint density at radius 3 is 2.07 bits per heavy atom. The van der Waals surface area contributed by atoms with Crippen LogP contribution < -0.4 is 0 Å². The topological polar surface area (TPSA) is 25.8 Å². The van der Waals surface area contributed by atoms with E-state index in [0.29, 0.717) is 5.56 Å². The van der Waals surface area contributed by atoms with E-state index in [4.69, 9.17) is 11.6 Å². The first-order chi connectivity index (χ1) is 6.62. The van der Waals surface area contributed by atoms with Crippen LogP contribution in [0.2, 0.25) is 5.15 Å².